The summed E-state index contributed by atoms with van der Waals surface area (Å²) in [5.74, 6) is 0.716. The van der Waals surface area contributed by atoms with Gasteiger partial charge in [-0.2, -0.15) is 0 Å². The van der Waals surface area contributed by atoms with Crippen molar-refractivity contribution in [2.45, 2.75) is 19.4 Å². The first-order valence-corrected chi connectivity index (χ1v) is 6.95. The summed E-state index contributed by atoms with van der Waals surface area (Å²) in [5, 5.41) is 9.71. The van der Waals surface area contributed by atoms with Crippen LogP contribution in [0.3, 0.4) is 0 Å². The number of aliphatic hydroxyl groups excluding tert-OH is 1. The average Bonchev–Trinajstić information content (AvgIpc) is 2.39. The van der Waals surface area contributed by atoms with E-state index in [0.29, 0.717) is 12.4 Å². The molecule has 0 saturated heterocycles. The lowest BCUT2D eigenvalue weighted by atomic mass is 10.1. The van der Waals surface area contributed by atoms with Gasteiger partial charge in [-0.1, -0.05) is 28.1 Å². The van der Waals surface area contributed by atoms with Crippen molar-refractivity contribution in [1.82, 2.24) is 4.98 Å². The Morgan fingerprint density at radius 3 is 2.89 bits per heavy atom. The van der Waals surface area contributed by atoms with Crippen LogP contribution in [0.25, 0.3) is 0 Å². The minimum atomic E-state index is -0.540. The van der Waals surface area contributed by atoms with Crippen LogP contribution in [0.5, 0.6) is 5.75 Å². The summed E-state index contributed by atoms with van der Waals surface area (Å²) in [6.07, 6.45) is 3.84. The van der Waals surface area contributed by atoms with Gasteiger partial charge in [0.15, 0.2) is 0 Å². The zero-order valence-corrected chi connectivity index (χ0v) is 12.3. The van der Waals surface area contributed by atoms with E-state index >= 15 is 0 Å². The van der Waals surface area contributed by atoms with Crippen molar-refractivity contribution >= 4 is 15.9 Å². The molecular weight excluding hydrogens is 306 g/mol. The maximum atomic E-state index is 9.71. The lowest BCUT2D eigenvalue weighted by Crippen LogP contribution is -2.05. The zero-order valence-electron chi connectivity index (χ0n) is 10.7. The van der Waals surface area contributed by atoms with Gasteiger partial charge in [0.1, 0.15) is 5.75 Å². The number of rotatable bonds is 5. The van der Waals surface area contributed by atoms with Gasteiger partial charge in [-0.15, -0.1) is 0 Å². The average molecular weight is 322 g/mol. The number of aromatic nitrogens is 1. The second-order valence-electron chi connectivity index (χ2n) is 4.32. The van der Waals surface area contributed by atoms with E-state index in [4.69, 9.17) is 4.74 Å². The van der Waals surface area contributed by atoms with Gasteiger partial charge < -0.3 is 9.84 Å². The minimum Gasteiger partial charge on any atom is -0.493 e. The number of benzene rings is 1. The molecule has 4 heteroatoms. The molecule has 100 valence electrons. The predicted molar refractivity (Wildman–Crippen MR) is 78.2 cm³/mol. The van der Waals surface area contributed by atoms with Crippen LogP contribution in [0.1, 0.15) is 24.2 Å². The highest BCUT2D eigenvalue weighted by Gasteiger charge is 2.09. The summed E-state index contributed by atoms with van der Waals surface area (Å²) < 4.78 is 6.70. The van der Waals surface area contributed by atoms with Crippen molar-refractivity contribution in [3.05, 3.63) is 58.3 Å². The molecule has 1 heterocycles. The molecule has 2 rings (SSSR count). The van der Waals surface area contributed by atoms with E-state index in [1.54, 1.807) is 13.1 Å². The number of halogens is 1. The van der Waals surface area contributed by atoms with E-state index in [-0.39, 0.29) is 0 Å². The van der Waals surface area contributed by atoms with Crippen LogP contribution in [0.15, 0.2) is 47.2 Å². The summed E-state index contributed by atoms with van der Waals surface area (Å²) in [7, 11) is 0. The molecule has 0 fully saturated rings. The van der Waals surface area contributed by atoms with Crippen LogP contribution >= 0.6 is 15.9 Å². The molecule has 19 heavy (non-hydrogen) atoms. The minimum absolute atomic E-state index is 0.540. The Morgan fingerprint density at radius 2 is 2.21 bits per heavy atom. The fourth-order valence-electron chi connectivity index (χ4n) is 1.80. The topological polar surface area (TPSA) is 42.4 Å². The molecule has 1 aromatic carbocycles. The SMILES string of the molecule is C[C@@H](O)c1ccc(Br)cc1OCCc1cccnc1. The number of hydrogen-bond donors (Lipinski definition) is 1. The van der Waals surface area contributed by atoms with Crippen LogP contribution in [-0.4, -0.2) is 16.7 Å². The van der Waals surface area contributed by atoms with Gasteiger partial charge in [-0.3, -0.25) is 4.98 Å². The first-order chi connectivity index (χ1) is 9.16. The Morgan fingerprint density at radius 1 is 1.37 bits per heavy atom. The quantitative estimate of drug-likeness (QED) is 0.916. The number of ether oxygens (including phenoxy) is 1. The van der Waals surface area contributed by atoms with E-state index in [0.717, 1.165) is 22.0 Å². The van der Waals surface area contributed by atoms with Crippen LogP contribution in [0.4, 0.5) is 0 Å². The van der Waals surface area contributed by atoms with Crippen LogP contribution in [0, 0.1) is 0 Å². The Labute approximate surface area is 121 Å². The Balaban J connectivity index is 2.01. The van der Waals surface area contributed by atoms with Gasteiger partial charge >= 0.3 is 0 Å². The van der Waals surface area contributed by atoms with Gasteiger partial charge in [0.25, 0.3) is 0 Å². The van der Waals surface area contributed by atoms with Gasteiger partial charge in [-0.25, -0.2) is 0 Å². The molecule has 0 aliphatic heterocycles. The first-order valence-electron chi connectivity index (χ1n) is 6.16. The molecule has 1 N–H and O–H groups in total. The summed E-state index contributed by atoms with van der Waals surface area (Å²) in [4.78, 5) is 4.07. The maximum Gasteiger partial charge on any atom is 0.126 e. The summed E-state index contributed by atoms with van der Waals surface area (Å²) in [6, 6.07) is 9.58. The second-order valence-corrected chi connectivity index (χ2v) is 5.23. The van der Waals surface area contributed by atoms with Crippen LogP contribution < -0.4 is 4.74 Å². The van der Waals surface area contributed by atoms with E-state index in [2.05, 4.69) is 20.9 Å². The summed E-state index contributed by atoms with van der Waals surface area (Å²) in [5.41, 5.74) is 1.94. The Hall–Kier alpha value is -1.39. The molecule has 0 aliphatic rings. The number of aliphatic hydroxyl groups is 1. The first kappa shape index (κ1) is 14.0. The lowest BCUT2D eigenvalue weighted by Gasteiger charge is -2.13. The summed E-state index contributed by atoms with van der Waals surface area (Å²) >= 11 is 3.41. The molecule has 0 spiro atoms. The Kier molecular flexibility index (Phi) is 4.93. The molecule has 0 radical (unpaired) electrons. The molecule has 0 amide bonds. The van der Waals surface area contributed by atoms with Gasteiger partial charge in [-0.05, 0) is 30.7 Å². The molecule has 0 unspecified atom stereocenters. The zero-order chi connectivity index (χ0) is 13.7. The van der Waals surface area contributed by atoms with Crippen molar-refractivity contribution in [3.8, 4) is 5.75 Å². The monoisotopic (exact) mass is 321 g/mol. The molecule has 0 aliphatic carbocycles. The highest BCUT2D eigenvalue weighted by molar-refractivity contribution is 9.10. The van der Waals surface area contributed by atoms with Crippen molar-refractivity contribution < 1.29 is 9.84 Å². The third-order valence-electron chi connectivity index (χ3n) is 2.80. The fraction of sp³-hybridized carbons (Fsp3) is 0.267. The van der Waals surface area contributed by atoms with Crippen molar-refractivity contribution in [3.63, 3.8) is 0 Å². The lowest BCUT2D eigenvalue weighted by molar-refractivity contribution is 0.191. The van der Waals surface area contributed by atoms with E-state index in [1.807, 2.05) is 36.5 Å². The highest BCUT2D eigenvalue weighted by Crippen LogP contribution is 2.28. The normalized spacial score (nSPS) is 12.2. The van der Waals surface area contributed by atoms with Crippen molar-refractivity contribution in [2.75, 3.05) is 6.61 Å². The van der Waals surface area contributed by atoms with Crippen molar-refractivity contribution in [1.29, 1.82) is 0 Å². The molecular formula is C15H16BrNO2. The van der Waals surface area contributed by atoms with Crippen molar-refractivity contribution in [2.24, 2.45) is 0 Å². The molecule has 2 aromatic rings. The predicted octanol–water partition coefficient (Wildman–Crippen LogP) is 3.52. The summed E-state index contributed by atoms with van der Waals surface area (Å²) in [6.45, 7) is 2.29. The molecule has 1 aromatic heterocycles. The fourth-order valence-corrected chi connectivity index (χ4v) is 2.14. The molecule has 3 nitrogen and oxygen atoms in total. The van der Waals surface area contributed by atoms with Gasteiger partial charge in [0, 0.05) is 28.9 Å². The van der Waals surface area contributed by atoms with Gasteiger partial charge in [0.05, 0.1) is 12.7 Å². The molecule has 0 saturated carbocycles. The molecule has 1 atom stereocenters. The maximum absolute atomic E-state index is 9.71. The Bertz CT molecular complexity index is 529. The third kappa shape index (κ3) is 4.04. The smallest absolute Gasteiger partial charge is 0.126 e. The largest absolute Gasteiger partial charge is 0.493 e. The van der Waals surface area contributed by atoms with E-state index in [9.17, 15) is 5.11 Å². The van der Waals surface area contributed by atoms with Crippen LogP contribution in [0.2, 0.25) is 0 Å². The van der Waals surface area contributed by atoms with Gasteiger partial charge in [0.2, 0.25) is 0 Å². The highest BCUT2D eigenvalue weighted by atomic mass is 79.9. The van der Waals surface area contributed by atoms with Crippen LogP contribution in [-0.2, 0) is 6.42 Å². The standard InChI is InChI=1S/C15H16BrNO2/c1-11(18)14-5-4-13(16)9-15(14)19-8-6-12-3-2-7-17-10-12/h2-5,7,9-11,18H,6,8H2,1H3/t11-/m1/s1. The third-order valence-corrected chi connectivity index (χ3v) is 3.29. The van der Waals surface area contributed by atoms with E-state index in [1.165, 1.54) is 0 Å². The number of nitrogens with zero attached hydrogens (tertiary/aromatic N) is 1. The second kappa shape index (κ2) is 6.68. The number of hydrogen-bond acceptors (Lipinski definition) is 3. The number of pyridine rings is 1. The molecule has 0 bridgehead atoms. The van der Waals surface area contributed by atoms with E-state index < -0.39 is 6.10 Å².